The van der Waals surface area contributed by atoms with Crippen molar-refractivity contribution in [3.8, 4) is 0 Å². The molecule has 27 heavy (non-hydrogen) atoms. The molecule has 5 heteroatoms. The van der Waals surface area contributed by atoms with Crippen molar-refractivity contribution in [1.82, 2.24) is 15.1 Å². The predicted octanol–water partition coefficient (Wildman–Crippen LogP) is 4.23. The lowest BCUT2D eigenvalue weighted by atomic mass is 9.90. The number of hydrogen-bond acceptors (Lipinski definition) is 3. The molecule has 1 aromatic heterocycles. The van der Waals surface area contributed by atoms with Crippen molar-refractivity contribution >= 4 is 16.7 Å². The highest BCUT2D eigenvalue weighted by molar-refractivity contribution is 5.99. The van der Waals surface area contributed by atoms with Crippen LogP contribution in [0.4, 0.5) is 4.39 Å². The summed E-state index contributed by atoms with van der Waals surface area (Å²) in [6.07, 6.45) is 5.20. The molecule has 140 valence electrons. The highest BCUT2D eigenvalue weighted by Crippen LogP contribution is 2.23. The number of ketones is 1. The molecule has 0 atom stereocenters. The van der Waals surface area contributed by atoms with Gasteiger partial charge in [-0.1, -0.05) is 18.2 Å². The number of fused-ring (bicyclic) bond motifs is 1. The molecule has 1 aliphatic rings. The number of piperidine rings is 1. The number of nitrogens with zero attached hydrogens (tertiary/aromatic N) is 2. The average Bonchev–Trinajstić information content (AvgIpc) is 3.17. The van der Waals surface area contributed by atoms with Gasteiger partial charge in [-0.2, -0.15) is 5.10 Å². The van der Waals surface area contributed by atoms with Gasteiger partial charge in [0.2, 0.25) is 0 Å². The van der Waals surface area contributed by atoms with Crippen LogP contribution in [0.25, 0.3) is 10.9 Å². The molecular formula is C22H24FN3O. The number of nitrogens with one attached hydrogen (secondary N) is 1. The van der Waals surface area contributed by atoms with E-state index < -0.39 is 0 Å². The predicted molar refractivity (Wildman–Crippen MR) is 104 cm³/mol. The van der Waals surface area contributed by atoms with Crippen LogP contribution in [0, 0.1) is 11.7 Å². The quantitative estimate of drug-likeness (QED) is 0.665. The van der Waals surface area contributed by atoms with Gasteiger partial charge in [0.05, 0.1) is 11.7 Å². The fourth-order valence-electron chi connectivity index (χ4n) is 3.91. The van der Waals surface area contributed by atoms with Crippen LogP contribution < -0.4 is 0 Å². The van der Waals surface area contributed by atoms with Gasteiger partial charge in [-0.15, -0.1) is 0 Å². The average molecular weight is 365 g/mol. The zero-order chi connectivity index (χ0) is 18.6. The number of halogens is 1. The van der Waals surface area contributed by atoms with Gasteiger partial charge in [-0.05, 0) is 68.1 Å². The number of aromatic amines is 1. The second-order valence-corrected chi connectivity index (χ2v) is 7.43. The van der Waals surface area contributed by atoms with Crippen LogP contribution in [0.1, 0.15) is 35.2 Å². The van der Waals surface area contributed by atoms with Gasteiger partial charge in [0.1, 0.15) is 5.82 Å². The van der Waals surface area contributed by atoms with Crippen molar-refractivity contribution in [3.05, 3.63) is 65.6 Å². The molecular weight excluding hydrogens is 341 g/mol. The summed E-state index contributed by atoms with van der Waals surface area (Å²) in [6, 6.07) is 12.7. The van der Waals surface area contributed by atoms with E-state index in [9.17, 15) is 9.18 Å². The molecule has 4 rings (SSSR count). The van der Waals surface area contributed by atoms with E-state index in [1.807, 2.05) is 30.3 Å². The van der Waals surface area contributed by atoms with Crippen molar-refractivity contribution in [2.75, 3.05) is 19.6 Å². The van der Waals surface area contributed by atoms with E-state index in [4.69, 9.17) is 0 Å². The van der Waals surface area contributed by atoms with Gasteiger partial charge < -0.3 is 4.90 Å². The molecule has 0 bridgehead atoms. The molecule has 0 amide bonds. The van der Waals surface area contributed by atoms with Crippen molar-refractivity contribution in [1.29, 1.82) is 0 Å². The fourth-order valence-corrected chi connectivity index (χ4v) is 3.91. The van der Waals surface area contributed by atoms with Crippen LogP contribution in [-0.4, -0.2) is 40.5 Å². The SMILES string of the molecule is O=C(CCN1CCC(Cc2ccccc2F)CC1)c1ccc2[nH]ncc2c1. The molecule has 1 saturated heterocycles. The Bertz CT molecular complexity index is 928. The van der Waals surface area contributed by atoms with E-state index in [-0.39, 0.29) is 11.6 Å². The third-order valence-electron chi connectivity index (χ3n) is 5.59. The maximum atomic E-state index is 13.8. The van der Waals surface area contributed by atoms with Crippen LogP contribution in [-0.2, 0) is 6.42 Å². The number of carbonyl (C=O) groups excluding carboxylic acids is 1. The first-order valence-electron chi connectivity index (χ1n) is 9.61. The largest absolute Gasteiger partial charge is 0.303 e. The van der Waals surface area contributed by atoms with Crippen molar-refractivity contribution in [2.24, 2.45) is 5.92 Å². The Labute approximate surface area is 158 Å². The molecule has 1 aliphatic heterocycles. The first-order valence-corrected chi connectivity index (χ1v) is 9.61. The van der Waals surface area contributed by atoms with Gasteiger partial charge >= 0.3 is 0 Å². The van der Waals surface area contributed by atoms with Crippen molar-refractivity contribution < 1.29 is 9.18 Å². The third kappa shape index (κ3) is 4.25. The number of likely N-dealkylation sites (tertiary alicyclic amines) is 1. The lowest BCUT2D eigenvalue weighted by Gasteiger charge is -2.31. The first kappa shape index (κ1) is 17.9. The molecule has 1 N–H and O–H groups in total. The summed E-state index contributed by atoms with van der Waals surface area (Å²) in [4.78, 5) is 14.9. The van der Waals surface area contributed by atoms with E-state index in [0.717, 1.165) is 60.9 Å². The Morgan fingerprint density at radius 1 is 1.19 bits per heavy atom. The highest BCUT2D eigenvalue weighted by atomic mass is 19.1. The second-order valence-electron chi connectivity index (χ2n) is 7.43. The van der Waals surface area contributed by atoms with Crippen LogP contribution in [0.15, 0.2) is 48.7 Å². The minimum atomic E-state index is -0.0971. The van der Waals surface area contributed by atoms with Gasteiger partial charge in [0.15, 0.2) is 5.78 Å². The summed E-state index contributed by atoms with van der Waals surface area (Å²) in [7, 11) is 0. The maximum Gasteiger partial charge on any atom is 0.164 e. The summed E-state index contributed by atoms with van der Waals surface area (Å²) in [5.74, 6) is 0.601. The number of aromatic nitrogens is 2. The van der Waals surface area contributed by atoms with Gasteiger partial charge in [0, 0.05) is 23.9 Å². The summed E-state index contributed by atoms with van der Waals surface area (Å²) >= 11 is 0. The summed E-state index contributed by atoms with van der Waals surface area (Å²) in [5.41, 5.74) is 2.52. The standard InChI is InChI=1S/C22H24FN3O/c23-20-4-2-1-3-17(20)13-16-7-10-26(11-8-16)12-9-22(27)18-5-6-21-19(14-18)15-24-25-21/h1-6,14-16H,7-13H2,(H,24,25). The Morgan fingerprint density at radius 3 is 2.81 bits per heavy atom. The number of rotatable bonds is 6. The molecule has 0 spiro atoms. The van der Waals surface area contributed by atoms with Crippen LogP contribution >= 0.6 is 0 Å². The Hall–Kier alpha value is -2.53. The second kappa shape index (κ2) is 8.01. The van der Waals surface area contributed by atoms with E-state index >= 15 is 0 Å². The first-order chi connectivity index (χ1) is 13.2. The molecule has 4 nitrogen and oxygen atoms in total. The fraction of sp³-hybridized carbons (Fsp3) is 0.364. The number of H-pyrrole nitrogens is 1. The normalized spacial score (nSPS) is 16.0. The molecule has 0 saturated carbocycles. The minimum Gasteiger partial charge on any atom is -0.303 e. The molecule has 1 fully saturated rings. The summed E-state index contributed by atoms with van der Waals surface area (Å²) < 4.78 is 13.8. The Morgan fingerprint density at radius 2 is 2.00 bits per heavy atom. The highest BCUT2D eigenvalue weighted by Gasteiger charge is 2.21. The van der Waals surface area contributed by atoms with Gasteiger partial charge in [-0.25, -0.2) is 4.39 Å². The van der Waals surface area contributed by atoms with Gasteiger partial charge in [-0.3, -0.25) is 9.89 Å². The summed E-state index contributed by atoms with van der Waals surface area (Å²) in [6.45, 7) is 2.75. The molecule has 0 aliphatic carbocycles. The molecule has 3 aromatic rings. The maximum absolute atomic E-state index is 13.8. The number of Topliss-reactive ketones (excluding diaryl/α,β-unsaturated/α-hetero) is 1. The van der Waals surface area contributed by atoms with E-state index in [1.54, 1.807) is 12.3 Å². The van der Waals surface area contributed by atoms with Crippen LogP contribution in [0.3, 0.4) is 0 Å². The zero-order valence-electron chi connectivity index (χ0n) is 15.3. The lowest BCUT2D eigenvalue weighted by molar-refractivity contribution is 0.0951. The molecule has 2 heterocycles. The zero-order valence-corrected chi connectivity index (χ0v) is 15.3. The van der Waals surface area contributed by atoms with Crippen LogP contribution in [0.5, 0.6) is 0 Å². The number of benzene rings is 2. The number of hydrogen-bond donors (Lipinski definition) is 1. The Kier molecular flexibility index (Phi) is 5.30. The van der Waals surface area contributed by atoms with E-state index in [0.29, 0.717) is 12.3 Å². The van der Waals surface area contributed by atoms with E-state index in [1.165, 1.54) is 6.07 Å². The topological polar surface area (TPSA) is 49.0 Å². The van der Waals surface area contributed by atoms with Crippen molar-refractivity contribution in [2.45, 2.75) is 25.7 Å². The number of carbonyl (C=O) groups is 1. The monoisotopic (exact) mass is 365 g/mol. The molecule has 0 unspecified atom stereocenters. The van der Waals surface area contributed by atoms with Gasteiger partial charge in [0.25, 0.3) is 0 Å². The molecule has 0 radical (unpaired) electrons. The van der Waals surface area contributed by atoms with Crippen LogP contribution in [0.2, 0.25) is 0 Å². The minimum absolute atomic E-state index is 0.0971. The smallest absolute Gasteiger partial charge is 0.164 e. The lowest BCUT2D eigenvalue weighted by Crippen LogP contribution is -2.35. The summed E-state index contributed by atoms with van der Waals surface area (Å²) in [5, 5.41) is 7.86. The molecule has 2 aromatic carbocycles. The third-order valence-corrected chi connectivity index (χ3v) is 5.59. The Balaban J connectivity index is 1.25. The van der Waals surface area contributed by atoms with Crippen molar-refractivity contribution in [3.63, 3.8) is 0 Å². The van der Waals surface area contributed by atoms with E-state index in [2.05, 4.69) is 15.1 Å².